The molecule has 224 valence electrons. The van der Waals surface area contributed by atoms with Crippen LogP contribution in [0.1, 0.15) is 36.4 Å². The monoisotopic (exact) mass is 609 g/mol. The van der Waals surface area contributed by atoms with Gasteiger partial charge in [0, 0.05) is 57.4 Å². The summed E-state index contributed by atoms with van der Waals surface area (Å²) in [7, 11) is 1.70. The van der Waals surface area contributed by atoms with E-state index in [0.29, 0.717) is 43.9 Å². The Balaban J connectivity index is 0.00000294. The predicted octanol–water partition coefficient (Wildman–Crippen LogP) is 3.65. The summed E-state index contributed by atoms with van der Waals surface area (Å²) in [5.41, 5.74) is 4.18. The lowest BCUT2D eigenvalue weighted by atomic mass is 10.1. The van der Waals surface area contributed by atoms with Crippen LogP contribution in [0.3, 0.4) is 0 Å². The van der Waals surface area contributed by atoms with Gasteiger partial charge in [0.25, 0.3) is 5.91 Å². The summed E-state index contributed by atoms with van der Waals surface area (Å²) in [6.45, 7) is 9.75. The fourth-order valence-electron chi connectivity index (χ4n) is 4.50. The topological polar surface area (TPSA) is 107 Å². The van der Waals surface area contributed by atoms with Crippen LogP contribution in [0.25, 0.3) is 11.4 Å². The van der Waals surface area contributed by atoms with Crippen molar-refractivity contribution < 1.29 is 18.5 Å². The smallest absolute Gasteiger partial charge is 0.256 e. The van der Waals surface area contributed by atoms with Gasteiger partial charge >= 0.3 is 0 Å². The number of rotatable bonds is 11. The number of amides is 2. The van der Waals surface area contributed by atoms with E-state index in [1.165, 1.54) is 12.1 Å². The first-order valence-corrected chi connectivity index (χ1v) is 13.1. The van der Waals surface area contributed by atoms with Crippen LogP contribution in [0.5, 0.6) is 0 Å². The number of hydrogen-bond donors (Lipinski definition) is 2. The molecule has 2 aromatic carbocycles. The summed E-state index contributed by atoms with van der Waals surface area (Å²) in [6.07, 6.45) is 0. The van der Waals surface area contributed by atoms with Crippen molar-refractivity contribution in [2.24, 2.45) is 0 Å². The molecule has 4 rings (SSSR count). The fraction of sp³-hybridized carbons (Fsp3) is 0.429. The third-order valence-electron chi connectivity index (χ3n) is 6.66. The van der Waals surface area contributed by atoms with Crippen LogP contribution in [0.2, 0.25) is 0 Å². The van der Waals surface area contributed by atoms with E-state index >= 15 is 0 Å². The summed E-state index contributed by atoms with van der Waals surface area (Å²) in [5.74, 6) is 0.195. The molecule has 2 amide bonds. The molecule has 0 aliphatic carbocycles. The molecule has 0 bridgehead atoms. The number of likely N-dealkylation sites (N-methyl/N-ethyl adjacent to an activating group) is 1. The van der Waals surface area contributed by atoms with Crippen molar-refractivity contribution in [1.82, 2.24) is 30.8 Å². The molecule has 0 atom stereocenters. The average Bonchev–Trinajstić information content (AvgIpc) is 3.51. The van der Waals surface area contributed by atoms with Crippen molar-refractivity contribution in [2.75, 3.05) is 38.1 Å². The second-order valence-corrected chi connectivity index (χ2v) is 10.1. The summed E-state index contributed by atoms with van der Waals surface area (Å²) >= 11 is 0. The van der Waals surface area contributed by atoms with E-state index in [0.717, 1.165) is 27.9 Å². The first-order chi connectivity index (χ1) is 18.6. The number of nitrogens with one attached hydrogen (secondary N) is 2. The number of nitrogens with zero attached hydrogens (tertiary/aromatic N) is 5. The molecule has 13 heteroatoms. The van der Waals surface area contributed by atoms with Crippen LogP contribution < -0.4 is 15.5 Å². The lowest BCUT2D eigenvalue weighted by Gasteiger charge is -2.32. The second kappa shape index (κ2) is 15.1. The Morgan fingerprint density at radius 3 is 2.46 bits per heavy atom. The molecule has 0 radical (unpaired) electrons. The molecule has 2 N–H and O–H groups in total. The molecule has 1 aliphatic rings. The van der Waals surface area contributed by atoms with Gasteiger partial charge in [-0.3, -0.25) is 14.6 Å². The van der Waals surface area contributed by atoms with Crippen LogP contribution in [0.4, 0.5) is 10.1 Å². The van der Waals surface area contributed by atoms with Crippen LogP contribution in [0, 0.1) is 19.7 Å². The second-order valence-electron chi connectivity index (χ2n) is 10.1. The highest BCUT2D eigenvalue weighted by Crippen LogP contribution is 2.28. The van der Waals surface area contributed by atoms with Gasteiger partial charge in [-0.05, 0) is 41.8 Å². The molecule has 0 unspecified atom stereocenters. The van der Waals surface area contributed by atoms with E-state index in [1.54, 1.807) is 29.9 Å². The number of fused-ring (bicyclic) bond motifs is 1. The summed E-state index contributed by atoms with van der Waals surface area (Å²) in [5, 5.41) is 13.6. The number of halogens is 3. The molecule has 0 saturated carbocycles. The van der Waals surface area contributed by atoms with Crippen molar-refractivity contribution in [3.8, 4) is 11.4 Å². The minimum Gasteiger partial charge on any atom is -0.353 e. The van der Waals surface area contributed by atoms with Gasteiger partial charge < -0.3 is 20.1 Å². The van der Waals surface area contributed by atoms with Gasteiger partial charge in [-0.25, -0.2) is 9.40 Å². The number of carbonyl (C=O) groups is 2. The SMILES string of the molecule is Cc1nc(-c2ccc(C)c(N(CC(=O)NCCNC(C)C)CC(=O)N(C)N3Cc4ccc(F)cc4C3)c2)no1.Cl.Cl. The summed E-state index contributed by atoms with van der Waals surface area (Å²) in [4.78, 5) is 32.5. The molecule has 1 aliphatic heterocycles. The van der Waals surface area contributed by atoms with Crippen LogP contribution in [0.15, 0.2) is 40.9 Å². The van der Waals surface area contributed by atoms with Gasteiger partial charge in [0.15, 0.2) is 0 Å². The van der Waals surface area contributed by atoms with E-state index in [9.17, 15) is 14.0 Å². The Hall–Kier alpha value is -3.25. The molecule has 0 fully saturated rings. The summed E-state index contributed by atoms with van der Waals surface area (Å²) < 4.78 is 18.9. The van der Waals surface area contributed by atoms with Gasteiger partial charge in [-0.15, -0.1) is 24.8 Å². The maximum absolute atomic E-state index is 13.7. The number of aromatic nitrogens is 2. The number of aryl methyl sites for hydroxylation is 2. The molecule has 3 aromatic rings. The first kappa shape index (κ1) is 34.0. The van der Waals surface area contributed by atoms with Gasteiger partial charge in [-0.2, -0.15) is 4.98 Å². The van der Waals surface area contributed by atoms with Gasteiger partial charge in [0.1, 0.15) is 5.82 Å². The molecule has 10 nitrogen and oxygen atoms in total. The number of hydrazine groups is 1. The maximum Gasteiger partial charge on any atom is 0.256 e. The molecule has 0 spiro atoms. The Bertz CT molecular complexity index is 1340. The number of hydrogen-bond acceptors (Lipinski definition) is 8. The average molecular weight is 611 g/mol. The van der Waals surface area contributed by atoms with Crippen molar-refractivity contribution in [2.45, 2.75) is 46.8 Å². The Labute approximate surface area is 252 Å². The fourth-order valence-corrected chi connectivity index (χ4v) is 4.50. The number of anilines is 1. The Morgan fingerprint density at radius 1 is 1.05 bits per heavy atom. The molecular weight excluding hydrogens is 572 g/mol. The quantitative estimate of drug-likeness (QED) is 0.317. The lowest BCUT2D eigenvalue weighted by molar-refractivity contribution is -0.145. The highest BCUT2D eigenvalue weighted by molar-refractivity contribution is 5.87. The molecule has 1 aromatic heterocycles. The Morgan fingerprint density at radius 2 is 1.78 bits per heavy atom. The maximum atomic E-state index is 13.7. The van der Waals surface area contributed by atoms with Crippen molar-refractivity contribution in [1.29, 1.82) is 0 Å². The van der Waals surface area contributed by atoms with E-state index in [4.69, 9.17) is 4.52 Å². The van der Waals surface area contributed by atoms with Crippen molar-refractivity contribution in [3.63, 3.8) is 0 Å². The van der Waals surface area contributed by atoms with E-state index in [1.807, 2.05) is 44.0 Å². The zero-order chi connectivity index (χ0) is 28.1. The Kier molecular flexibility index (Phi) is 12.5. The van der Waals surface area contributed by atoms with Gasteiger partial charge in [-0.1, -0.05) is 37.2 Å². The van der Waals surface area contributed by atoms with E-state index in [2.05, 4.69) is 20.8 Å². The van der Waals surface area contributed by atoms with Crippen molar-refractivity contribution in [3.05, 3.63) is 64.8 Å². The molecular formula is C28H38Cl2FN7O3. The third kappa shape index (κ3) is 8.87. The lowest BCUT2D eigenvalue weighted by Crippen LogP contribution is -2.48. The number of benzene rings is 2. The zero-order valence-corrected chi connectivity index (χ0v) is 25.6. The summed E-state index contributed by atoms with van der Waals surface area (Å²) in [6, 6.07) is 10.7. The number of carbonyl (C=O) groups excluding carboxylic acids is 2. The van der Waals surface area contributed by atoms with Gasteiger partial charge in [0.05, 0.1) is 13.1 Å². The minimum absolute atomic E-state index is 0. The minimum atomic E-state index is -0.294. The van der Waals surface area contributed by atoms with E-state index < -0.39 is 0 Å². The van der Waals surface area contributed by atoms with Gasteiger partial charge in [0.2, 0.25) is 17.6 Å². The molecule has 41 heavy (non-hydrogen) atoms. The highest BCUT2D eigenvalue weighted by atomic mass is 35.5. The van der Waals surface area contributed by atoms with Crippen LogP contribution in [-0.4, -0.2) is 71.2 Å². The largest absolute Gasteiger partial charge is 0.353 e. The first-order valence-electron chi connectivity index (χ1n) is 13.1. The zero-order valence-electron chi connectivity index (χ0n) is 23.9. The molecule has 0 saturated heterocycles. The highest BCUT2D eigenvalue weighted by Gasteiger charge is 2.27. The predicted molar refractivity (Wildman–Crippen MR) is 160 cm³/mol. The third-order valence-corrected chi connectivity index (χ3v) is 6.66. The molecule has 2 heterocycles. The standard InChI is InChI=1S/C28H36FN7O3.2ClH/c1-18(2)30-10-11-31-26(37)16-35(25-13-21(7-6-19(25)3)28-32-20(4)39-33-28)17-27(38)34(5)36-14-22-8-9-24(29)12-23(22)15-36;;/h6-9,12-13,18,30H,10-11,14-17H2,1-5H3,(H,31,37);2*1H. The van der Waals surface area contributed by atoms with E-state index in [-0.39, 0.29) is 55.5 Å². The van der Waals surface area contributed by atoms with Crippen molar-refractivity contribution >= 4 is 42.3 Å². The van der Waals surface area contributed by atoms with Crippen LogP contribution in [-0.2, 0) is 22.7 Å². The normalized spacial score (nSPS) is 12.4. The van der Waals surface area contributed by atoms with Crippen LogP contribution >= 0.6 is 24.8 Å².